The Bertz CT molecular complexity index is 420. The summed E-state index contributed by atoms with van der Waals surface area (Å²) in [6, 6.07) is 8.11. The summed E-state index contributed by atoms with van der Waals surface area (Å²) < 4.78 is 5.79. The van der Waals surface area contributed by atoms with Crippen LogP contribution in [-0.4, -0.2) is 49.8 Å². The first-order valence-electron chi connectivity index (χ1n) is 7.41. The lowest BCUT2D eigenvalue weighted by Crippen LogP contribution is -2.47. The van der Waals surface area contributed by atoms with Crippen LogP contribution in [0.15, 0.2) is 24.3 Å². The van der Waals surface area contributed by atoms with Crippen molar-refractivity contribution in [3.8, 4) is 0 Å². The molecule has 0 bridgehead atoms. The first-order chi connectivity index (χ1) is 9.46. The number of rotatable bonds is 4. The van der Waals surface area contributed by atoms with E-state index in [0.29, 0.717) is 0 Å². The molecule has 1 aliphatic rings. The summed E-state index contributed by atoms with van der Waals surface area (Å²) in [6.07, 6.45) is 0. The van der Waals surface area contributed by atoms with Gasteiger partial charge in [-0.05, 0) is 32.9 Å². The Labute approximate surface area is 122 Å². The lowest BCUT2D eigenvalue weighted by atomic mass is 10.2. The lowest BCUT2D eigenvalue weighted by molar-refractivity contribution is -0.0135. The van der Waals surface area contributed by atoms with Gasteiger partial charge in [-0.1, -0.05) is 12.1 Å². The zero-order valence-corrected chi connectivity index (χ0v) is 12.9. The van der Waals surface area contributed by atoms with Crippen LogP contribution in [0, 0.1) is 0 Å². The van der Waals surface area contributed by atoms with Crippen LogP contribution in [0.25, 0.3) is 0 Å². The molecule has 2 N–H and O–H groups in total. The van der Waals surface area contributed by atoms with Crippen LogP contribution >= 0.6 is 0 Å². The van der Waals surface area contributed by atoms with Crippen LogP contribution in [0.2, 0.25) is 0 Å². The smallest absolute Gasteiger partial charge is 0.0600 e. The van der Waals surface area contributed by atoms with Gasteiger partial charge in [-0.25, -0.2) is 0 Å². The number of piperazine rings is 1. The van der Waals surface area contributed by atoms with Crippen molar-refractivity contribution in [1.82, 2.24) is 4.90 Å². The van der Waals surface area contributed by atoms with E-state index in [1.807, 2.05) is 12.1 Å². The fourth-order valence-electron chi connectivity index (χ4n) is 2.47. The van der Waals surface area contributed by atoms with Gasteiger partial charge >= 0.3 is 0 Å². The monoisotopic (exact) mass is 277 g/mol. The van der Waals surface area contributed by atoms with Crippen molar-refractivity contribution >= 4 is 11.4 Å². The number of hydrogen-bond acceptors (Lipinski definition) is 4. The van der Waals surface area contributed by atoms with E-state index >= 15 is 0 Å². The average Bonchev–Trinajstić information content (AvgIpc) is 2.39. The Hall–Kier alpha value is -1.26. The third-order valence-corrected chi connectivity index (χ3v) is 3.59. The van der Waals surface area contributed by atoms with E-state index in [-0.39, 0.29) is 5.60 Å². The van der Waals surface area contributed by atoms with Crippen molar-refractivity contribution in [2.24, 2.45) is 0 Å². The second kappa shape index (κ2) is 6.46. The molecule has 0 atom stereocenters. The first-order valence-corrected chi connectivity index (χ1v) is 7.41. The van der Waals surface area contributed by atoms with Crippen LogP contribution in [0.4, 0.5) is 11.4 Å². The molecule has 0 spiro atoms. The number of benzene rings is 1. The van der Waals surface area contributed by atoms with Crippen molar-refractivity contribution in [3.05, 3.63) is 24.3 Å². The van der Waals surface area contributed by atoms with E-state index in [1.54, 1.807) is 0 Å². The van der Waals surface area contributed by atoms with E-state index in [9.17, 15) is 0 Å². The summed E-state index contributed by atoms with van der Waals surface area (Å²) in [5.74, 6) is 0. The molecule has 4 nitrogen and oxygen atoms in total. The van der Waals surface area contributed by atoms with Gasteiger partial charge in [-0.15, -0.1) is 0 Å². The van der Waals surface area contributed by atoms with Gasteiger partial charge in [0.05, 0.1) is 23.6 Å². The number of nitrogens with two attached hydrogens (primary N) is 1. The van der Waals surface area contributed by atoms with Gasteiger partial charge in [0.25, 0.3) is 0 Å². The second-order valence-electron chi connectivity index (χ2n) is 6.35. The molecule has 1 aliphatic heterocycles. The highest BCUT2D eigenvalue weighted by Crippen LogP contribution is 2.23. The van der Waals surface area contributed by atoms with Crippen LogP contribution in [-0.2, 0) is 4.74 Å². The highest BCUT2D eigenvalue weighted by molar-refractivity contribution is 5.67. The number of nitrogen functional groups attached to an aromatic ring is 1. The third-order valence-electron chi connectivity index (χ3n) is 3.59. The average molecular weight is 277 g/mol. The minimum atomic E-state index is -0.0414. The van der Waals surface area contributed by atoms with Gasteiger partial charge in [0.2, 0.25) is 0 Å². The van der Waals surface area contributed by atoms with Crippen molar-refractivity contribution in [2.75, 3.05) is 50.0 Å². The molecule has 0 aliphatic carbocycles. The Balaban J connectivity index is 1.77. The lowest BCUT2D eigenvalue weighted by Gasteiger charge is -2.36. The van der Waals surface area contributed by atoms with E-state index in [4.69, 9.17) is 10.5 Å². The molecule has 2 rings (SSSR count). The highest BCUT2D eigenvalue weighted by atomic mass is 16.5. The predicted molar refractivity (Wildman–Crippen MR) is 85.2 cm³/mol. The largest absolute Gasteiger partial charge is 0.397 e. The maximum atomic E-state index is 6.04. The molecule has 0 saturated carbocycles. The zero-order valence-electron chi connectivity index (χ0n) is 12.9. The highest BCUT2D eigenvalue weighted by Gasteiger charge is 2.19. The van der Waals surface area contributed by atoms with E-state index in [2.05, 4.69) is 42.7 Å². The van der Waals surface area contributed by atoms with Gasteiger partial charge in [-0.2, -0.15) is 0 Å². The topological polar surface area (TPSA) is 41.7 Å². The molecule has 0 aromatic heterocycles. The zero-order chi connectivity index (χ0) is 14.6. The van der Waals surface area contributed by atoms with Gasteiger partial charge in [-0.3, -0.25) is 4.90 Å². The van der Waals surface area contributed by atoms with Crippen molar-refractivity contribution < 1.29 is 4.74 Å². The minimum Gasteiger partial charge on any atom is -0.397 e. The standard InChI is InChI=1S/C16H27N3O/c1-16(2,3)20-13-12-18-8-10-19(11-9-18)15-7-5-4-6-14(15)17/h4-7H,8-13,17H2,1-3H3. The number of para-hydroxylation sites is 2. The van der Waals surface area contributed by atoms with Crippen LogP contribution < -0.4 is 10.6 Å². The summed E-state index contributed by atoms with van der Waals surface area (Å²) in [7, 11) is 0. The van der Waals surface area contributed by atoms with Crippen LogP contribution in [0.3, 0.4) is 0 Å². The molecule has 1 saturated heterocycles. The number of ether oxygens (including phenoxy) is 1. The molecule has 4 heteroatoms. The van der Waals surface area contributed by atoms with Gasteiger partial charge in [0.15, 0.2) is 0 Å². The van der Waals surface area contributed by atoms with Crippen LogP contribution in [0.5, 0.6) is 0 Å². The molecule has 1 aromatic rings. The maximum Gasteiger partial charge on any atom is 0.0600 e. The normalized spacial score (nSPS) is 17.4. The summed E-state index contributed by atoms with van der Waals surface area (Å²) in [5.41, 5.74) is 8.03. The molecule has 0 amide bonds. The van der Waals surface area contributed by atoms with E-state index in [0.717, 1.165) is 50.7 Å². The molecule has 1 fully saturated rings. The fourth-order valence-corrected chi connectivity index (χ4v) is 2.47. The van der Waals surface area contributed by atoms with Crippen molar-refractivity contribution in [1.29, 1.82) is 0 Å². The first kappa shape index (κ1) is 15.1. The molecule has 0 radical (unpaired) electrons. The van der Waals surface area contributed by atoms with E-state index < -0.39 is 0 Å². The fraction of sp³-hybridized carbons (Fsp3) is 0.625. The van der Waals surface area contributed by atoms with Crippen molar-refractivity contribution in [2.45, 2.75) is 26.4 Å². The summed E-state index contributed by atoms with van der Waals surface area (Å²) in [4.78, 5) is 4.83. The SMILES string of the molecule is CC(C)(C)OCCN1CCN(c2ccccc2N)CC1. The van der Waals surface area contributed by atoms with Crippen LogP contribution in [0.1, 0.15) is 20.8 Å². The van der Waals surface area contributed by atoms with E-state index in [1.165, 1.54) is 0 Å². The number of nitrogens with zero attached hydrogens (tertiary/aromatic N) is 2. The number of hydrogen-bond donors (Lipinski definition) is 1. The quantitative estimate of drug-likeness (QED) is 0.857. The molecule has 0 unspecified atom stereocenters. The molecule has 1 aromatic carbocycles. The Morgan fingerprint density at radius 2 is 1.75 bits per heavy atom. The minimum absolute atomic E-state index is 0.0414. The predicted octanol–water partition coefficient (Wildman–Crippen LogP) is 2.21. The second-order valence-corrected chi connectivity index (χ2v) is 6.35. The van der Waals surface area contributed by atoms with Gasteiger partial charge in [0, 0.05) is 32.7 Å². The summed E-state index contributed by atoms with van der Waals surface area (Å²) in [6.45, 7) is 12.3. The van der Waals surface area contributed by atoms with Gasteiger partial charge < -0.3 is 15.4 Å². The molecule has 20 heavy (non-hydrogen) atoms. The maximum absolute atomic E-state index is 6.04. The molecule has 112 valence electrons. The Morgan fingerprint density at radius 3 is 2.35 bits per heavy atom. The third kappa shape index (κ3) is 4.39. The molecular weight excluding hydrogens is 250 g/mol. The Kier molecular flexibility index (Phi) is 4.89. The molecular formula is C16H27N3O. The molecule has 1 heterocycles. The number of anilines is 2. The summed E-state index contributed by atoms with van der Waals surface area (Å²) >= 11 is 0. The van der Waals surface area contributed by atoms with Crippen molar-refractivity contribution in [3.63, 3.8) is 0 Å². The van der Waals surface area contributed by atoms with Gasteiger partial charge in [0.1, 0.15) is 0 Å². The summed E-state index contributed by atoms with van der Waals surface area (Å²) in [5, 5.41) is 0. The Morgan fingerprint density at radius 1 is 1.10 bits per heavy atom.